The number of hydrogen-bond donors (Lipinski definition) is 0. The first-order chi connectivity index (χ1) is 13.1. The summed E-state index contributed by atoms with van der Waals surface area (Å²) in [5, 5.41) is 0.722. The maximum absolute atomic E-state index is 12.7. The molecule has 0 saturated carbocycles. The molecule has 27 heavy (non-hydrogen) atoms. The summed E-state index contributed by atoms with van der Waals surface area (Å²) in [6.07, 6.45) is 7.67. The van der Waals surface area contributed by atoms with Crippen LogP contribution in [0.3, 0.4) is 0 Å². The fraction of sp³-hybridized carbons (Fsp3) is 0.350. The SMILES string of the molecule is Cn1ccnc1C(=O)N1CCCC(c2ncc(Cc3ccccc3Cl)o2)C1. The van der Waals surface area contributed by atoms with Crippen molar-refractivity contribution in [3.8, 4) is 0 Å². The monoisotopic (exact) mass is 384 g/mol. The first kappa shape index (κ1) is 17.8. The molecule has 1 aromatic carbocycles. The summed E-state index contributed by atoms with van der Waals surface area (Å²) >= 11 is 6.23. The largest absolute Gasteiger partial charge is 0.445 e. The molecule has 3 heterocycles. The number of rotatable bonds is 4. The molecule has 1 amide bonds. The molecule has 1 fully saturated rings. The Morgan fingerprint density at radius 3 is 2.96 bits per heavy atom. The second-order valence-electron chi connectivity index (χ2n) is 6.89. The Balaban J connectivity index is 1.46. The molecule has 0 bridgehead atoms. The van der Waals surface area contributed by atoms with E-state index in [1.54, 1.807) is 23.2 Å². The number of carbonyl (C=O) groups is 1. The normalized spacial score (nSPS) is 17.3. The molecule has 140 valence electrons. The van der Waals surface area contributed by atoms with Crippen molar-refractivity contribution < 1.29 is 9.21 Å². The van der Waals surface area contributed by atoms with Gasteiger partial charge >= 0.3 is 0 Å². The predicted octanol–water partition coefficient (Wildman–Crippen LogP) is 3.67. The Morgan fingerprint density at radius 2 is 2.19 bits per heavy atom. The van der Waals surface area contributed by atoms with E-state index in [2.05, 4.69) is 9.97 Å². The molecule has 0 N–H and O–H groups in total. The summed E-state index contributed by atoms with van der Waals surface area (Å²) in [5.74, 6) is 1.99. The Kier molecular flexibility index (Phi) is 4.99. The van der Waals surface area contributed by atoms with E-state index in [1.807, 2.05) is 36.2 Å². The number of halogens is 1. The van der Waals surface area contributed by atoms with Crippen LogP contribution >= 0.6 is 11.6 Å². The minimum absolute atomic E-state index is 0.0463. The number of imidazole rings is 1. The van der Waals surface area contributed by atoms with Gasteiger partial charge in [0.05, 0.1) is 12.1 Å². The van der Waals surface area contributed by atoms with Crippen LogP contribution in [-0.2, 0) is 13.5 Å². The van der Waals surface area contributed by atoms with Crippen LogP contribution in [0.2, 0.25) is 5.02 Å². The lowest BCUT2D eigenvalue weighted by Crippen LogP contribution is -2.40. The Bertz CT molecular complexity index is 949. The Hall–Kier alpha value is -2.60. The van der Waals surface area contributed by atoms with Gasteiger partial charge in [-0.15, -0.1) is 0 Å². The number of hydrogen-bond acceptors (Lipinski definition) is 4. The standard InChI is InChI=1S/C20H21ClN4O2/c1-24-10-8-22-18(24)20(26)25-9-4-6-15(13-25)19-23-12-16(27-19)11-14-5-2-3-7-17(14)21/h2-3,5,7-8,10,12,15H,4,6,9,11,13H2,1H3. The highest BCUT2D eigenvalue weighted by Crippen LogP contribution is 2.28. The number of benzene rings is 1. The van der Waals surface area contributed by atoms with Crippen LogP contribution in [0.15, 0.2) is 47.3 Å². The second-order valence-corrected chi connectivity index (χ2v) is 7.29. The first-order valence-corrected chi connectivity index (χ1v) is 9.44. The van der Waals surface area contributed by atoms with Gasteiger partial charge in [-0.3, -0.25) is 4.79 Å². The summed E-state index contributed by atoms with van der Waals surface area (Å²) in [6.45, 7) is 1.33. The van der Waals surface area contributed by atoms with Gasteiger partial charge in [0.15, 0.2) is 11.7 Å². The van der Waals surface area contributed by atoms with E-state index in [9.17, 15) is 4.79 Å². The third kappa shape index (κ3) is 3.76. The maximum atomic E-state index is 12.7. The maximum Gasteiger partial charge on any atom is 0.289 e. The predicted molar refractivity (Wildman–Crippen MR) is 102 cm³/mol. The van der Waals surface area contributed by atoms with E-state index in [0.717, 1.165) is 35.7 Å². The van der Waals surface area contributed by atoms with Crippen molar-refractivity contribution in [2.24, 2.45) is 7.05 Å². The van der Waals surface area contributed by atoms with Crippen molar-refractivity contribution in [1.82, 2.24) is 19.4 Å². The van der Waals surface area contributed by atoms with Gasteiger partial charge in [0.25, 0.3) is 5.91 Å². The molecule has 4 rings (SSSR count). The minimum Gasteiger partial charge on any atom is -0.445 e. The number of aryl methyl sites for hydroxylation is 1. The van der Waals surface area contributed by atoms with Gasteiger partial charge in [-0.25, -0.2) is 9.97 Å². The van der Waals surface area contributed by atoms with Crippen LogP contribution in [0.5, 0.6) is 0 Å². The van der Waals surface area contributed by atoms with Crippen LogP contribution in [0.4, 0.5) is 0 Å². The number of piperidine rings is 1. The van der Waals surface area contributed by atoms with E-state index in [0.29, 0.717) is 24.7 Å². The lowest BCUT2D eigenvalue weighted by molar-refractivity contribution is 0.0682. The lowest BCUT2D eigenvalue weighted by Gasteiger charge is -2.31. The number of oxazole rings is 1. The van der Waals surface area contributed by atoms with E-state index < -0.39 is 0 Å². The van der Waals surface area contributed by atoms with Gasteiger partial charge in [0, 0.05) is 44.0 Å². The third-order valence-corrected chi connectivity index (χ3v) is 5.33. The minimum atomic E-state index is -0.0463. The Labute approximate surface area is 162 Å². The summed E-state index contributed by atoms with van der Waals surface area (Å²) < 4.78 is 7.74. The highest BCUT2D eigenvalue weighted by molar-refractivity contribution is 6.31. The van der Waals surface area contributed by atoms with E-state index in [1.165, 1.54) is 0 Å². The van der Waals surface area contributed by atoms with Gasteiger partial charge in [0.2, 0.25) is 0 Å². The molecular formula is C20H21ClN4O2. The molecule has 0 spiro atoms. The fourth-order valence-corrected chi connectivity index (χ4v) is 3.70. The van der Waals surface area contributed by atoms with E-state index in [-0.39, 0.29) is 11.8 Å². The van der Waals surface area contributed by atoms with Gasteiger partial charge in [-0.05, 0) is 24.5 Å². The van der Waals surface area contributed by atoms with Crippen LogP contribution in [0.1, 0.15) is 46.6 Å². The van der Waals surface area contributed by atoms with Crippen molar-refractivity contribution in [1.29, 1.82) is 0 Å². The molecule has 1 aliphatic rings. The molecular weight excluding hydrogens is 364 g/mol. The van der Waals surface area contributed by atoms with Crippen molar-refractivity contribution in [3.63, 3.8) is 0 Å². The van der Waals surface area contributed by atoms with Crippen LogP contribution in [-0.4, -0.2) is 38.4 Å². The molecule has 1 unspecified atom stereocenters. The highest BCUT2D eigenvalue weighted by atomic mass is 35.5. The number of carbonyl (C=O) groups excluding carboxylic acids is 1. The molecule has 1 aliphatic heterocycles. The van der Waals surface area contributed by atoms with Crippen LogP contribution in [0.25, 0.3) is 0 Å². The summed E-state index contributed by atoms with van der Waals surface area (Å²) in [7, 11) is 1.83. The summed E-state index contributed by atoms with van der Waals surface area (Å²) in [6, 6.07) is 7.72. The lowest BCUT2D eigenvalue weighted by atomic mass is 9.98. The Morgan fingerprint density at radius 1 is 1.33 bits per heavy atom. The molecule has 1 atom stereocenters. The molecule has 0 radical (unpaired) electrons. The van der Waals surface area contributed by atoms with Crippen molar-refractivity contribution in [2.75, 3.05) is 13.1 Å². The van der Waals surface area contributed by atoms with E-state index >= 15 is 0 Å². The molecule has 7 heteroatoms. The topological polar surface area (TPSA) is 64.2 Å². The van der Waals surface area contributed by atoms with Crippen molar-refractivity contribution in [2.45, 2.75) is 25.2 Å². The zero-order chi connectivity index (χ0) is 18.8. The van der Waals surface area contributed by atoms with E-state index in [4.69, 9.17) is 16.0 Å². The van der Waals surface area contributed by atoms with Crippen LogP contribution < -0.4 is 0 Å². The average Bonchev–Trinajstić information content (AvgIpc) is 3.32. The van der Waals surface area contributed by atoms with Gasteiger partial charge in [-0.2, -0.15) is 0 Å². The van der Waals surface area contributed by atoms with Gasteiger partial charge < -0.3 is 13.9 Å². The molecule has 6 nitrogen and oxygen atoms in total. The zero-order valence-electron chi connectivity index (χ0n) is 15.1. The molecule has 3 aromatic rings. The highest BCUT2D eigenvalue weighted by Gasteiger charge is 2.29. The molecule has 2 aromatic heterocycles. The van der Waals surface area contributed by atoms with Gasteiger partial charge in [0.1, 0.15) is 5.76 Å². The van der Waals surface area contributed by atoms with Crippen LogP contribution in [0, 0.1) is 0 Å². The number of aromatic nitrogens is 3. The van der Waals surface area contributed by atoms with Crippen molar-refractivity contribution >= 4 is 17.5 Å². The smallest absolute Gasteiger partial charge is 0.289 e. The number of nitrogens with zero attached hydrogens (tertiary/aromatic N) is 4. The summed E-state index contributed by atoms with van der Waals surface area (Å²) in [4.78, 5) is 23.2. The zero-order valence-corrected chi connectivity index (χ0v) is 15.9. The second kappa shape index (κ2) is 7.56. The van der Waals surface area contributed by atoms with Crippen molar-refractivity contribution in [3.05, 3.63) is 70.9 Å². The third-order valence-electron chi connectivity index (χ3n) is 4.96. The molecule has 0 aliphatic carbocycles. The fourth-order valence-electron chi connectivity index (χ4n) is 3.50. The molecule has 1 saturated heterocycles. The van der Waals surface area contributed by atoms with Gasteiger partial charge in [-0.1, -0.05) is 29.8 Å². The summed E-state index contributed by atoms with van der Waals surface area (Å²) in [5.41, 5.74) is 1.01. The average molecular weight is 385 g/mol. The number of likely N-dealkylation sites (tertiary alicyclic amines) is 1. The number of amides is 1. The quantitative estimate of drug-likeness (QED) is 0.688. The first-order valence-electron chi connectivity index (χ1n) is 9.06.